The minimum atomic E-state index is -1.52. The minimum absolute atomic E-state index is 0.0488. The first-order chi connectivity index (χ1) is 14.4. The number of nitrogens with two attached hydrogens (primary N) is 1. The third kappa shape index (κ3) is 8.58. The number of aromatic hydroxyl groups is 1. The van der Waals surface area contributed by atoms with Gasteiger partial charge in [-0.25, -0.2) is 0 Å². The molecule has 3 amide bonds. The van der Waals surface area contributed by atoms with E-state index in [4.69, 9.17) is 10.8 Å². The first-order valence-electron chi connectivity index (χ1n) is 9.42. The Kier molecular flexibility index (Phi) is 9.86. The number of rotatable bonds is 11. The number of aliphatic hydroxyl groups excluding tert-OH is 2. The average Bonchev–Trinajstić information content (AvgIpc) is 2.69. The van der Waals surface area contributed by atoms with Gasteiger partial charge in [0.05, 0.1) is 18.2 Å². The first kappa shape index (κ1) is 25.8. The highest BCUT2D eigenvalue weighted by Crippen LogP contribution is 2.11. The fourth-order valence-electron chi connectivity index (χ4n) is 2.57. The number of hydrogen-bond acceptors (Lipinski definition) is 8. The van der Waals surface area contributed by atoms with Gasteiger partial charge in [-0.2, -0.15) is 0 Å². The summed E-state index contributed by atoms with van der Waals surface area (Å²) in [6, 6.07) is 1.91. The number of hydrogen-bond donors (Lipinski definition) is 8. The van der Waals surface area contributed by atoms with Gasteiger partial charge in [0, 0.05) is 0 Å². The van der Waals surface area contributed by atoms with Crippen LogP contribution in [0, 0.1) is 0 Å². The van der Waals surface area contributed by atoms with E-state index < -0.39 is 60.6 Å². The zero-order chi connectivity index (χ0) is 23.7. The van der Waals surface area contributed by atoms with Crippen LogP contribution in [0.2, 0.25) is 0 Å². The molecule has 0 aliphatic rings. The highest BCUT2D eigenvalue weighted by atomic mass is 16.4. The molecule has 1 rings (SSSR count). The lowest BCUT2D eigenvalue weighted by molar-refractivity contribution is -0.139. The first-order valence-corrected chi connectivity index (χ1v) is 9.42. The SMILES string of the molecule is CC(O)C(NC(=O)C(N)Cc1ccc(O)cc1)C(=O)NC(C(=O)NCC(=O)O)C(C)O. The monoisotopic (exact) mass is 440 g/mol. The van der Waals surface area contributed by atoms with Gasteiger partial charge in [-0.1, -0.05) is 12.1 Å². The summed E-state index contributed by atoms with van der Waals surface area (Å²) in [5.74, 6) is -3.95. The number of amides is 3. The van der Waals surface area contributed by atoms with Crippen molar-refractivity contribution >= 4 is 23.7 Å². The highest BCUT2D eigenvalue weighted by Gasteiger charge is 2.33. The van der Waals surface area contributed by atoms with Gasteiger partial charge >= 0.3 is 5.97 Å². The van der Waals surface area contributed by atoms with Crippen molar-refractivity contribution < 1.29 is 39.6 Å². The predicted octanol–water partition coefficient (Wildman–Crippen LogP) is -2.81. The summed E-state index contributed by atoms with van der Waals surface area (Å²) in [7, 11) is 0. The summed E-state index contributed by atoms with van der Waals surface area (Å²) in [5.41, 5.74) is 6.51. The molecule has 31 heavy (non-hydrogen) atoms. The predicted molar refractivity (Wildman–Crippen MR) is 108 cm³/mol. The minimum Gasteiger partial charge on any atom is -0.508 e. The number of nitrogens with one attached hydrogen (secondary N) is 3. The lowest BCUT2D eigenvalue weighted by atomic mass is 10.0. The topological polar surface area (TPSA) is 211 Å². The van der Waals surface area contributed by atoms with Gasteiger partial charge in [-0.05, 0) is 38.0 Å². The van der Waals surface area contributed by atoms with Crippen molar-refractivity contribution in [3.05, 3.63) is 29.8 Å². The van der Waals surface area contributed by atoms with Crippen molar-refractivity contribution in [3.8, 4) is 5.75 Å². The Labute approximate surface area is 178 Å². The van der Waals surface area contributed by atoms with Gasteiger partial charge in [-0.3, -0.25) is 19.2 Å². The fraction of sp³-hybridized carbons (Fsp3) is 0.474. The molecule has 5 unspecified atom stereocenters. The largest absolute Gasteiger partial charge is 0.508 e. The van der Waals surface area contributed by atoms with Crippen molar-refractivity contribution in [2.24, 2.45) is 5.73 Å². The molecule has 12 heteroatoms. The van der Waals surface area contributed by atoms with Gasteiger partial charge in [0.15, 0.2) is 0 Å². The molecular formula is C19H28N4O8. The highest BCUT2D eigenvalue weighted by molar-refractivity contribution is 5.94. The summed E-state index contributed by atoms with van der Waals surface area (Å²) in [4.78, 5) is 47.5. The Morgan fingerprint density at radius 1 is 0.903 bits per heavy atom. The van der Waals surface area contributed by atoms with Crippen LogP contribution in [0.4, 0.5) is 0 Å². The van der Waals surface area contributed by atoms with Crippen LogP contribution in [0.5, 0.6) is 5.75 Å². The molecule has 9 N–H and O–H groups in total. The third-order valence-electron chi connectivity index (χ3n) is 4.27. The molecule has 0 spiro atoms. The molecule has 172 valence electrons. The molecule has 0 aliphatic heterocycles. The molecular weight excluding hydrogens is 412 g/mol. The standard InChI is InChI=1S/C19H28N4O8/c1-9(24)15(18(30)21-8-14(27)28)23-19(31)16(10(2)25)22-17(29)13(20)7-11-3-5-12(26)6-4-11/h3-6,9-10,13,15-16,24-26H,7-8,20H2,1-2H3,(H,21,30)(H,22,29)(H,23,31)(H,27,28). The van der Waals surface area contributed by atoms with Crippen molar-refractivity contribution in [1.29, 1.82) is 0 Å². The van der Waals surface area contributed by atoms with Gasteiger partial charge in [-0.15, -0.1) is 0 Å². The lowest BCUT2D eigenvalue weighted by Crippen LogP contribution is -2.61. The summed E-state index contributed by atoms with van der Waals surface area (Å²) in [6.07, 6.45) is -2.67. The number of carboxylic acids is 1. The van der Waals surface area contributed by atoms with E-state index in [1.54, 1.807) is 12.1 Å². The fourth-order valence-corrected chi connectivity index (χ4v) is 2.57. The summed E-state index contributed by atoms with van der Waals surface area (Å²) in [6.45, 7) is 1.72. The van der Waals surface area contributed by atoms with Crippen LogP contribution in [0.3, 0.4) is 0 Å². The van der Waals surface area contributed by atoms with E-state index in [2.05, 4.69) is 10.6 Å². The number of aliphatic carboxylic acids is 1. The van der Waals surface area contributed by atoms with Crippen molar-refractivity contribution in [2.75, 3.05) is 6.54 Å². The number of carboxylic acid groups (broad SMARTS) is 1. The number of phenolic OH excluding ortho intramolecular Hbond substituents is 1. The van der Waals surface area contributed by atoms with Crippen molar-refractivity contribution in [2.45, 2.75) is 50.6 Å². The molecule has 12 nitrogen and oxygen atoms in total. The number of carbonyl (C=O) groups excluding carboxylic acids is 3. The zero-order valence-corrected chi connectivity index (χ0v) is 17.1. The van der Waals surface area contributed by atoms with E-state index in [0.29, 0.717) is 5.56 Å². The lowest BCUT2D eigenvalue weighted by Gasteiger charge is -2.26. The smallest absolute Gasteiger partial charge is 0.322 e. The third-order valence-corrected chi connectivity index (χ3v) is 4.27. The molecule has 0 heterocycles. The van der Waals surface area contributed by atoms with Crippen LogP contribution in [0.25, 0.3) is 0 Å². The van der Waals surface area contributed by atoms with E-state index >= 15 is 0 Å². The summed E-state index contributed by atoms with van der Waals surface area (Å²) >= 11 is 0. The number of benzene rings is 1. The molecule has 0 saturated heterocycles. The molecule has 0 radical (unpaired) electrons. The molecule has 5 atom stereocenters. The zero-order valence-electron chi connectivity index (χ0n) is 17.1. The Morgan fingerprint density at radius 3 is 1.87 bits per heavy atom. The van der Waals surface area contributed by atoms with Gasteiger partial charge in [0.1, 0.15) is 24.4 Å². The van der Waals surface area contributed by atoms with Gasteiger partial charge in [0.25, 0.3) is 0 Å². The molecule has 1 aromatic carbocycles. The van der Waals surface area contributed by atoms with Crippen molar-refractivity contribution in [1.82, 2.24) is 16.0 Å². The van der Waals surface area contributed by atoms with Gasteiger partial charge < -0.3 is 42.1 Å². The van der Waals surface area contributed by atoms with E-state index in [0.717, 1.165) is 0 Å². The van der Waals surface area contributed by atoms with Crippen LogP contribution < -0.4 is 21.7 Å². The van der Waals surface area contributed by atoms with Crippen molar-refractivity contribution in [3.63, 3.8) is 0 Å². The Balaban J connectivity index is 2.80. The van der Waals surface area contributed by atoms with E-state index in [9.17, 15) is 34.5 Å². The van der Waals surface area contributed by atoms with Crippen LogP contribution in [0.15, 0.2) is 24.3 Å². The quantitative estimate of drug-likeness (QED) is 0.178. The second-order valence-corrected chi connectivity index (χ2v) is 7.04. The molecule has 1 aromatic rings. The molecule has 0 aliphatic carbocycles. The number of aliphatic hydroxyl groups is 2. The maximum atomic E-state index is 12.5. The molecule has 0 saturated carbocycles. The van der Waals surface area contributed by atoms with Crippen LogP contribution >= 0.6 is 0 Å². The molecule has 0 fully saturated rings. The number of phenols is 1. The maximum Gasteiger partial charge on any atom is 0.322 e. The van der Waals surface area contributed by atoms with Gasteiger partial charge in [0.2, 0.25) is 17.7 Å². The van der Waals surface area contributed by atoms with E-state index in [1.807, 2.05) is 5.32 Å². The average molecular weight is 440 g/mol. The second kappa shape index (κ2) is 11.8. The second-order valence-electron chi connectivity index (χ2n) is 7.04. The Hall–Kier alpha value is -3.22. The number of carbonyl (C=O) groups is 4. The maximum absolute atomic E-state index is 12.5. The Bertz CT molecular complexity index is 782. The van der Waals surface area contributed by atoms with E-state index in [1.165, 1.54) is 26.0 Å². The molecule has 0 bridgehead atoms. The molecule has 0 aromatic heterocycles. The van der Waals surface area contributed by atoms with E-state index in [-0.39, 0.29) is 12.2 Å². The Morgan fingerprint density at radius 2 is 1.39 bits per heavy atom. The van der Waals surface area contributed by atoms with Crippen LogP contribution in [-0.4, -0.2) is 81.0 Å². The normalized spacial score (nSPS) is 15.6. The van der Waals surface area contributed by atoms with Crippen LogP contribution in [-0.2, 0) is 25.6 Å². The summed E-state index contributed by atoms with van der Waals surface area (Å²) in [5, 5.41) is 44.1. The summed E-state index contributed by atoms with van der Waals surface area (Å²) < 4.78 is 0. The van der Waals surface area contributed by atoms with Crippen LogP contribution in [0.1, 0.15) is 19.4 Å².